The van der Waals surface area contributed by atoms with Gasteiger partial charge in [0.15, 0.2) is 0 Å². The highest BCUT2D eigenvalue weighted by atomic mass is 32.1. The second kappa shape index (κ2) is 5.89. The number of nitrogens with one attached hydrogen (secondary N) is 2. The summed E-state index contributed by atoms with van der Waals surface area (Å²) in [5, 5.41) is 7.69. The number of hydrogen-bond donors (Lipinski definition) is 2. The van der Waals surface area contributed by atoms with E-state index in [1.807, 2.05) is 18.2 Å². The molecule has 23 heavy (non-hydrogen) atoms. The zero-order valence-corrected chi connectivity index (χ0v) is 13.2. The summed E-state index contributed by atoms with van der Waals surface area (Å²) in [6, 6.07) is 8.22. The van der Waals surface area contributed by atoms with Crippen LogP contribution in [0.5, 0.6) is 0 Å². The molecule has 0 saturated heterocycles. The van der Waals surface area contributed by atoms with Crippen LogP contribution in [0.15, 0.2) is 41.8 Å². The molecule has 6 heteroatoms. The van der Waals surface area contributed by atoms with Crippen molar-refractivity contribution < 1.29 is 0 Å². The average molecular weight is 321 g/mol. The van der Waals surface area contributed by atoms with Gasteiger partial charge in [-0.05, 0) is 36.6 Å². The van der Waals surface area contributed by atoms with Gasteiger partial charge >= 0.3 is 0 Å². The van der Waals surface area contributed by atoms with Gasteiger partial charge in [0.05, 0.1) is 16.4 Å². The molecule has 0 atom stereocenters. The molecule has 114 valence electrons. The molecule has 4 rings (SSSR count). The SMILES string of the molecule is S=C1CCC(c2ccc(Nc3ncnc4c3CC=C4)cc2)=NN1. The Bertz CT molecular complexity index is 823. The van der Waals surface area contributed by atoms with Gasteiger partial charge in [-0.25, -0.2) is 9.97 Å². The topological polar surface area (TPSA) is 62.2 Å². The Balaban J connectivity index is 1.53. The molecule has 1 aliphatic carbocycles. The maximum atomic E-state index is 5.10. The fraction of sp³-hybridized carbons (Fsp3) is 0.176. The Labute approximate surface area is 139 Å². The van der Waals surface area contributed by atoms with Gasteiger partial charge in [0, 0.05) is 17.7 Å². The van der Waals surface area contributed by atoms with Crippen LogP contribution >= 0.6 is 12.2 Å². The maximum Gasteiger partial charge on any atom is 0.137 e. The molecule has 1 aromatic carbocycles. The number of allylic oxidation sites excluding steroid dienone is 1. The van der Waals surface area contributed by atoms with Gasteiger partial charge in [-0.3, -0.25) is 5.43 Å². The molecule has 0 fully saturated rings. The Kier molecular flexibility index (Phi) is 3.59. The fourth-order valence-electron chi connectivity index (χ4n) is 2.73. The number of nitrogens with zero attached hydrogens (tertiary/aromatic N) is 3. The highest BCUT2D eigenvalue weighted by Crippen LogP contribution is 2.26. The number of thiocarbonyl (C=S) groups is 1. The van der Waals surface area contributed by atoms with Crippen LogP contribution in [0.25, 0.3) is 6.08 Å². The lowest BCUT2D eigenvalue weighted by molar-refractivity contribution is 0.927. The van der Waals surface area contributed by atoms with Crippen molar-refractivity contribution in [3.63, 3.8) is 0 Å². The minimum absolute atomic E-state index is 0.804. The molecule has 2 aromatic rings. The number of anilines is 2. The van der Waals surface area contributed by atoms with Gasteiger partial charge < -0.3 is 5.32 Å². The Morgan fingerprint density at radius 2 is 1.96 bits per heavy atom. The summed E-state index contributed by atoms with van der Waals surface area (Å²) in [6.45, 7) is 0. The van der Waals surface area contributed by atoms with Crippen molar-refractivity contribution >= 4 is 40.5 Å². The lowest BCUT2D eigenvalue weighted by Crippen LogP contribution is -2.24. The Morgan fingerprint density at radius 3 is 2.74 bits per heavy atom. The van der Waals surface area contributed by atoms with Crippen LogP contribution in [-0.2, 0) is 6.42 Å². The summed E-state index contributed by atoms with van der Waals surface area (Å²) in [7, 11) is 0. The first-order chi connectivity index (χ1) is 11.3. The first-order valence-electron chi connectivity index (χ1n) is 7.53. The number of benzene rings is 1. The van der Waals surface area contributed by atoms with Crippen molar-refractivity contribution in [1.82, 2.24) is 15.4 Å². The fourth-order valence-corrected chi connectivity index (χ4v) is 2.88. The molecular formula is C17H15N5S. The quantitative estimate of drug-likeness (QED) is 0.850. The minimum atomic E-state index is 0.804. The summed E-state index contributed by atoms with van der Waals surface area (Å²) >= 11 is 5.10. The highest BCUT2D eigenvalue weighted by Gasteiger charge is 2.13. The largest absolute Gasteiger partial charge is 0.340 e. The second-order valence-corrected chi connectivity index (χ2v) is 5.98. The molecule has 0 amide bonds. The summed E-state index contributed by atoms with van der Waals surface area (Å²) < 4.78 is 0. The van der Waals surface area contributed by atoms with Crippen LogP contribution in [0.1, 0.15) is 29.7 Å². The van der Waals surface area contributed by atoms with E-state index < -0.39 is 0 Å². The predicted octanol–water partition coefficient (Wildman–Crippen LogP) is 3.20. The molecule has 2 N–H and O–H groups in total. The van der Waals surface area contributed by atoms with E-state index in [2.05, 4.69) is 44.0 Å². The molecule has 0 bridgehead atoms. The van der Waals surface area contributed by atoms with E-state index in [-0.39, 0.29) is 0 Å². The Morgan fingerprint density at radius 1 is 1.09 bits per heavy atom. The van der Waals surface area contributed by atoms with Crippen molar-refractivity contribution in [3.8, 4) is 0 Å². The first kappa shape index (κ1) is 14.0. The van der Waals surface area contributed by atoms with Crippen LogP contribution in [0.3, 0.4) is 0 Å². The summed E-state index contributed by atoms with van der Waals surface area (Å²) in [4.78, 5) is 9.43. The van der Waals surface area contributed by atoms with E-state index in [1.54, 1.807) is 6.33 Å². The molecule has 2 heterocycles. The zero-order chi connectivity index (χ0) is 15.6. The van der Waals surface area contributed by atoms with Gasteiger partial charge in [0.25, 0.3) is 0 Å². The van der Waals surface area contributed by atoms with Crippen LogP contribution < -0.4 is 10.7 Å². The standard InChI is InChI=1S/C17H15N5S/c23-16-9-8-14(21-22-16)11-4-6-12(7-5-11)20-17-13-2-1-3-15(13)18-10-19-17/h1,3-7,10H,2,8-9H2,(H,22,23)(H,18,19,20). The van der Waals surface area contributed by atoms with Gasteiger partial charge in [-0.2, -0.15) is 5.10 Å². The number of hydrazone groups is 1. The molecule has 2 aliphatic rings. The zero-order valence-electron chi connectivity index (χ0n) is 12.4. The van der Waals surface area contributed by atoms with Gasteiger partial charge in [-0.15, -0.1) is 0 Å². The van der Waals surface area contributed by atoms with E-state index >= 15 is 0 Å². The van der Waals surface area contributed by atoms with Crippen LogP contribution in [-0.4, -0.2) is 20.7 Å². The minimum Gasteiger partial charge on any atom is -0.340 e. The van der Waals surface area contributed by atoms with Crippen LogP contribution in [0.4, 0.5) is 11.5 Å². The summed E-state index contributed by atoms with van der Waals surface area (Å²) in [5.41, 5.74) is 8.19. The molecule has 5 nitrogen and oxygen atoms in total. The van der Waals surface area contributed by atoms with E-state index in [4.69, 9.17) is 12.2 Å². The third-order valence-corrected chi connectivity index (χ3v) is 4.26. The lowest BCUT2D eigenvalue weighted by atomic mass is 10.0. The number of hydrogen-bond acceptors (Lipinski definition) is 5. The smallest absolute Gasteiger partial charge is 0.137 e. The number of fused-ring (bicyclic) bond motifs is 1. The van der Waals surface area contributed by atoms with Crippen molar-refractivity contribution in [1.29, 1.82) is 0 Å². The van der Waals surface area contributed by atoms with E-state index in [9.17, 15) is 0 Å². The molecule has 0 unspecified atom stereocenters. The van der Waals surface area contributed by atoms with Crippen LogP contribution in [0.2, 0.25) is 0 Å². The molecule has 0 spiro atoms. The average Bonchev–Trinajstić information content (AvgIpc) is 3.06. The third kappa shape index (κ3) is 2.85. The van der Waals surface area contributed by atoms with Gasteiger partial charge in [0.1, 0.15) is 12.1 Å². The number of rotatable bonds is 3. The van der Waals surface area contributed by atoms with Crippen LogP contribution in [0, 0.1) is 0 Å². The normalized spacial score (nSPS) is 15.8. The van der Waals surface area contributed by atoms with Gasteiger partial charge in [0.2, 0.25) is 0 Å². The summed E-state index contributed by atoms with van der Waals surface area (Å²) in [5.74, 6) is 0.870. The molecule has 0 saturated carbocycles. The second-order valence-electron chi connectivity index (χ2n) is 5.49. The third-order valence-electron chi connectivity index (χ3n) is 3.96. The lowest BCUT2D eigenvalue weighted by Gasteiger charge is -2.14. The van der Waals surface area contributed by atoms with Crippen molar-refractivity contribution in [3.05, 3.63) is 53.5 Å². The first-order valence-corrected chi connectivity index (χ1v) is 7.94. The highest BCUT2D eigenvalue weighted by molar-refractivity contribution is 7.80. The molecule has 0 radical (unpaired) electrons. The maximum absolute atomic E-state index is 5.10. The predicted molar refractivity (Wildman–Crippen MR) is 96.0 cm³/mol. The molecule has 1 aliphatic heterocycles. The van der Waals surface area contributed by atoms with E-state index in [0.717, 1.165) is 58.3 Å². The van der Waals surface area contributed by atoms with E-state index in [0.29, 0.717) is 0 Å². The monoisotopic (exact) mass is 321 g/mol. The van der Waals surface area contributed by atoms with Crippen molar-refractivity contribution in [2.24, 2.45) is 5.10 Å². The van der Waals surface area contributed by atoms with Crippen molar-refractivity contribution in [2.45, 2.75) is 19.3 Å². The number of aromatic nitrogens is 2. The summed E-state index contributed by atoms with van der Waals surface area (Å²) in [6.07, 6.45) is 8.34. The molecular weight excluding hydrogens is 306 g/mol. The van der Waals surface area contributed by atoms with Crippen molar-refractivity contribution in [2.75, 3.05) is 5.32 Å². The molecule has 1 aromatic heterocycles. The Hall–Kier alpha value is -2.60. The van der Waals surface area contributed by atoms with Gasteiger partial charge in [-0.1, -0.05) is 30.4 Å². The van der Waals surface area contributed by atoms with E-state index in [1.165, 1.54) is 0 Å².